The lowest BCUT2D eigenvalue weighted by Crippen LogP contribution is -2.34. The van der Waals surface area contributed by atoms with E-state index in [9.17, 15) is 14.4 Å². The van der Waals surface area contributed by atoms with E-state index < -0.39 is 17.8 Å². The van der Waals surface area contributed by atoms with Gasteiger partial charge in [0.15, 0.2) is 0 Å². The number of aliphatic hydroxyl groups excluding tert-OH is 1. The van der Waals surface area contributed by atoms with E-state index in [2.05, 4.69) is 37.2 Å². The summed E-state index contributed by atoms with van der Waals surface area (Å²) in [6.45, 7) is 1.39. The Kier molecular flexibility index (Phi) is 5.79. The highest BCUT2D eigenvalue weighted by atomic mass is 79.9. The number of methoxy groups -OCH3 is 1. The average Bonchev–Trinajstić information content (AvgIpc) is 2.78. The van der Waals surface area contributed by atoms with Crippen LogP contribution in [-0.2, 0) is 14.3 Å². The molecule has 1 heterocycles. The Balaban J connectivity index is 2.41. The second kappa shape index (κ2) is 7.45. The van der Waals surface area contributed by atoms with E-state index in [4.69, 9.17) is 9.84 Å². The monoisotopic (exact) mass is 460 g/mol. The molecule has 0 saturated carbocycles. The summed E-state index contributed by atoms with van der Waals surface area (Å²) in [5.41, 5.74) is 1.53. The molecule has 2 amide bonds. The lowest BCUT2D eigenvalue weighted by atomic mass is 10.1. The fraction of sp³-hybridized carbons (Fsp3) is 0.267. The van der Waals surface area contributed by atoms with Crippen molar-refractivity contribution in [3.8, 4) is 0 Å². The highest BCUT2D eigenvalue weighted by Gasteiger charge is 2.31. The molecular weight excluding hydrogens is 448 g/mol. The molecule has 2 N–H and O–H groups in total. The van der Waals surface area contributed by atoms with Crippen LogP contribution in [-0.4, -0.2) is 48.1 Å². The lowest BCUT2D eigenvalue weighted by Gasteiger charge is -2.17. The molecule has 0 atom stereocenters. The Bertz CT molecular complexity index is 761. The molecule has 0 fully saturated rings. The first-order valence-corrected chi connectivity index (χ1v) is 8.42. The third-order valence-electron chi connectivity index (χ3n) is 3.40. The van der Waals surface area contributed by atoms with Crippen molar-refractivity contribution in [2.24, 2.45) is 0 Å². The van der Waals surface area contributed by atoms with Crippen molar-refractivity contribution >= 4 is 55.3 Å². The molecule has 0 radical (unpaired) electrons. The topological polar surface area (TPSA) is 95.9 Å². The summed E-state index contributed by atoms with van der Waals surface area (Å²) in [4.78, 5) is 36.9. The molecule has 0 aromatic heterocycles. The van der Waals surface area contributed by atoms with Gasteiger partial charge in [0.2, 0.25) is 0 Å². The number of nitrogens with zero attached hydrogens (tertiary/aromatic N) is 1. The third kappa shape index (κ3) is 3.38. The molecule has 0 saturated heterocycles. The van der Waals surface area contributed by atoms with Crippen LogP contribution in [0.5, 0.6) is 0 Å². The van der Waals surface area contributed by atoms with Crippen molar-refractivity contribution in [1.82, 2.24) is 4.90 Å². The van der Waals surface area contributed by atoms with E-state index in [1.807, 2.05) is 0 Å². The molecule has 2 rings (SSSR count). The maximum atomic E-state index is 12.2. The summed E-state index contributed by atoms with van der Waals surface area (Å²) in [5, 5.41) is 11.8. The van der Waals surface area contributed by atoms with Gasteiger partial charge in [-0.1, -0.05) is 0 Å². The summed E-state index contributed by atoms with van der Waals surface area (Å²) < 4.78 is 5.69. The van der Waals surface area contributed by atoms with Gasteiger partial charge in [0.25, 0.3) is 11.8 Å². The van der Waals surface area contributed by atoms with Gasteiger partial charge in [-0.25, -0.2) is 4.79 Å². The van der Waals surface area contributed by atoms with E-state index in [1.54, 1.807) is 13.0 Å². The number of carbonyl (C=O) groups excluding carboxylic acids is 3. The predicted molar refractivity (Wildman–Crippen MR) is 93.4 cm³/mol. The van der Waals surface area contributed by atoms with E-state index >= 15 is 0 Å². The van der Waals surface area contributed by atoms with E-state index in [0.717, 1.165) is 16.5 Å². The van der Waals surface area contributed by atoms with Crippen LogP contribution in [0.2, 0.25) is 0 Å². The second-order valence-electron chi connectivity index (χ2n) is 4.93. The quantitative estimate of drug-likeness (QED) is 0.514. The average molecular weight is 462 g/mol. The number of hydrogen-bond acceptors (Lipinski definition) is 6. The largest absolute Gasteiger partial charge is 0.465 e. The molecule has 1 aromatic carbocycles. The molecular formula is C15H14Br2N2O5. The minimum Gasteiger partial charge on any atom is -0.465 e. The van der Waals surface area contributed by atoms with Gasteiger partial charge in [0.1, 0.15) is 5.70 Å². The zero-order valence-electron chi connectivity index (χ0n) is 12.9. The van der Waals surface area contributed by atoms with E-state index in [-0.39, 0.29) is 24.4 Å². The predicted octanol–water partition coefficient (Wildman–Crippen LogP) is 1.96. The Morgan fingerprint density at radius 2 is 2.04 bits per heavy atom. The Morgan fingerprint density at radius 1 is 1.38 bits per heavy atom. The van der Waals surface area contributed by atoms with Crippen LogP contribution >= 0.6 is 31.9 Å². The van der Waals surface area contributed by atoms with Crippen molar-refractivity contribution in [3.05, 3.63) is 37.9 Å². The van der Waals surface area contributed by atoms with Gasteiger partial charge in [-0.05, 0) is 50.4 Å². The number of aryl methyl sites for hydroxylation is 1. The van der Waals surface area contributed by atoms with Crippen LogP contribution in [0.4, 0.5) is 5.69 Å². The Labute approximate surface area is 154 Å². The van der Waals surface area contributed by atoms with Gasteiger partial charge in [-0.3, -0.25) is 14.5 Å². The molecule has 0 bridgehead atoms. The van der Waals surface area contributed by atoms with Gasteiger partial charge in [-0.15, -0.1) is 0 Å². The fourth-order valence-corrected chi connectivity index (χ4v) is 3.98. The van der Waals surface area contributed by atoms with Crippen LogP contribution in [0.25, 0.3) is 0 Å². The van der Waals surface area contributed by atoms with Gasteiger partial charge in [-0.2, -0.15) is 0 Å². The first-order valence-electron chi connectivity index (χ1n) is 6.84. The number of rotatable bonds is 5. The molecule has 1 aliphatic rings. The number of esters is 1. The summed E-state index contributed by atoms with van der Waals surface area (Å²) in [5.74, 6) is -1.60. The maximum Gasteiger partial charge on any atom is 0.340 e. The second-order valence-corrected chi connectivity index (χ2v) is 6.58. The zero-order valence-corrected chi connectivity index (χ0v) is 16.0. The number of hydrogen-bond donors (Lipinski definition) is 2. The van der Waals surface area contributed by atoms with Crippen LogP contribution in [0.3, 0.4) is 0 Å². The minimum atomic E-state index is -0.554. The number of β-amino-alcohol motifs (C(OH)–C–C–N with tert-alkyl or cyclic N) is 1. The van der Waals surface area contributed by atoms with Crippen LogP contribution in [0, 0.1) is 6.92 Å². The summed E-state index contributed by atoms with van der Waals surface area (Å²) in [7, 11) is 1.27. The van der Waals surface area contributed by atoms with E-state index in [0.29, 0.717) is 14.6 Å². The molecule has 0 spiro atoms. The first kappa shape index (κ1) is 18.6. The zero-order chi connectivity index (χ0) is 18.0. The number of aliphatic hydroxyl groups is 1. The van der Waals surface area contributed by atoms with Gasteiger partial charge in [0.05, 0.1) is 36.0 Å². The Morgan fingerprint density at radius 3 is 2.62 bits per heavy atom. The van der Waals surface area contributed by atoms with Gasteiger partial charge < -0.3 is 15.2 Å². The minimum absolute atomic E-state index is 0.0652. The first-order chi connectivity index (χ1) is 11.3. The van der Waals surface area contributed by atoms with Crippen LogP contribution in [0.1, 0.15) is 15.9 Å². The molecule has 7 nitrogen and oxygen atoms in total. The van der Waals surface area contributed by atoms with Crippen LogP contribution in [0.15, 0.2) is 26.8 Å². The molecule has 1 aliphatic heterocycles. The molecule has 0 aliphatic carbocycles. The fourth-order valence-electron chi connectivity index (χ4n) is 2.22. The van der Waals surface area contributed by atoms with Gasteiger partial charge in [0, 0.05) is 10.5 Å². The van der Waals surface area contributed by atoms with Gasteiger partial charge >= 0.3 is 5.97 Å². The molecule has 1 aromatic rings. The number of nitrogens with one attached hydrogen (secondary N) is 1. The van der Waals surface area contributed by atoms with Crippen LogP contribution < -0.4 is 5.32 Å². The lowest BCUT2D eigenvalue weighted by molar-refractivity contribution is -0.137. The number of anilines is 1. The third-order valence-corrected chi connectivity index (χ3v) is 4.82. The number of benzene rings is 1. The number of imide groups is 1. The van der Waals surface area contributed by atoms with Crippen molar-refractivity contribution < 1.29 is 24.2 Å². The normalized spacial score (nSPS) is 14.0. The Hall–Kier alpha value is -1.71. The number of ether oxygens (including phenoxy) is 1. The van der Waals surface area contributed by atoms with Crippen molar-refractivity contribution in [3.63, 3.8) is 0 Å². The van der Waals surface area contributed by atoms with Crippen molar-refractivity contribution in [2.45, 2.75) is 6.92 Å². The summed E-state index contributed by atoms with van der Waals surface area (Å²) >= 11 is 6.65. The molecule has 128 valence electrons. The van der Waals surface area contributed by atoms with Crippen molar-refractivity contribution in [2.75, 3.05) is 25.6 Å². The highest BCUT2D eigenvalue weighted by Crippen LogP contribution is 2.37. The van der Waals surface area contributed by atoms with Crippen molar-refractivity contribution in [1.29, 1.82) is 0 Å². The SMILES string of the molecule is COC(=O)c1c(Br)cc(C)c(NC2=CC(=O)N(CCO)C2=O)c1Br. The number of halogens is 2. The standard InChI is InChI=1S/C15H14Br2N2O5/c1-7-5-8(16)11(15(23)24-2)12(17)13(7)18-9-6-10(21)19(3-4-20)14(9)22/h5-6,18,20H,3-4H2,1-2H3. The number of carbonyl (C=O) groups is 3. The number of amides is 2. The molecule has 0 unspecified atom stereocenters. The summed E-state index contributed by atoms with van der Waals surface area (Å²) in [6.07, 6.45) is 1.16. The maximum absolute atomic E-state index is 12.2. The smallest absolute Gasteiger partial charge is 0.340 e. The van der Waals surface area contributed by atoms with E-state index in [1.165, 1.54) is 7.11 Å². The molecule has 9 heteroatoms. The highest BCUT2D eigenvalue weighted by molar-refractivity contribution is 9.11. The summed E-state index contributed by atoms with van der Waals surface area (Å²) in [6, 6.07) is 1.70. The molecule has 24 heavy (non-hydrogen) atoms.